The normalized spacial score (nSPS) is 20.2. The number of anilines is 1. The van der Waals surface area contributed by atoms with Gasteiger partial charge >= 0.3 is 5.97 Å². The van der Waals surface area contributed by atoms with Crippen molar-refractivity contribution in [1.29, 1.82) is 10.5 Å². The van der Waals surface area contributed by atoms with Crippen LogP contribution in [0.25, 0.3) is 16.8 Å². The van der Waals surface area contributed by atoms with Gasteiger partial charge in [0, 0.05) is 22.7 Å². The molecule has 0 aromatic heterocycles. The predicted molar refractivity (Wildman–Crippen MR) is 153 cm³/mol. The van der Waals surface area contributed by atoms with Crippen LogP contribution >= 0.6 is 0 Å². The van der Waals surface area contributed by atoms with E-state index in [9.17, 15) is 20.1 Å². The molecule has 194 valence electrons. The van der Waals surface area contributed by atoms with Gasteiger partial charge in [0.15, 0.2) is 11.2 Å². The monoisotopic (exact) mass is 523 g/mol. The zero-order valence-corrected chi connectivity index (χ0v) is 21.8. The summed E-state index contributed by atoms with van der Waals surface area (Å²) in [6.07, 6.45) is 3.86. The summed E-state index contributed by atoms with van der Waals surface area (Å²) in [6, 6.07) is 30.9. The van der Waals surface area contributed by atoms with Crippen molar-refractivity contribution in [3.63, 3.8) is 0 Å². The second kappa shape index (κ2) is 9.84. The Morgan fingerprint density at radius 1 is 0.900 bits per heavy atom. The fraction of sp³-hybridized carbons (Fsp3) is 0.176. The molecule has 0 N–H and O–H groups in total. The topological polar surface area (TPSA) is 94.2 Å². The third-order valence-electron chi connectivity index (χ3n) is 8.00. The zero-order valence-electron chi connectivity index (χ0n) is 21.8. The van der Waals surface area contributed by atoms with Crippen molar-refractivity contribution in [2.75, 3.05) is 11.5 Å². The van der Waals surface area contributed by atoms with Crippen molar-refractivity contribution in [1.82, 2.24) is 0 Å². The molecule has 6 rings (SSSR count). The van der Waals surface area contributed by atoms with E-state index < -0.39 is 29.4 Å². The number of ether oxygens (including phenoxy) is 1. The molecule has 2 aliphatic rings. The molecule has 1 fully saturated rings. The molecule has 1 saturated heterocycles. The van der Waals surface area contributed by atoms with E-state index in [-0.39, 0.29) is 18.0 Å². The number of fused-ring (bicyclic) bond motifs is 5. The summed E-state index contributed by atoms with van der Waals surface area (Å²) in [5.74, 6) is -1.54. The minimum atomic E-state index is -1.54. The second-order valence-electron chi connectivity index (χ2n) is 10.0. The van der Waals surface area contributed by atoms with Crippen LogP contribution in [0.2, 0.25) is 0 Å². The van der Waals surface area contributed by atoms with Gasteiger partial charge in [-0.1, -0.05) is 84.9 Å². The zero-order chi connectivity index (χ0) is 27.9. The van der Waals surface area contributed by atoms with Gasteiger partial charge in [0.25, 0.3) is 0 Å². The van der Waals surface area contributed by atoms with Crippen molar-refractivity contribution in [2.45, 2.75) is 24.9 Å². The van der Waals surface area contributed by atoms with Crippen molar-refractivity contribution >= 4 is 34.3 Å². The minimum Gasteiger partial charge on any atom is -0.462 e. The smallest absolute Gasteiger partial charge is 0.338 e. The van der Waals surface area contributed by atoms with Crippen LogP contribution in [0, 0.1) is 28.1 Å². The maximum Gasteiger partial charge on any atom is 0.338 e. The van der Waals surface area contributed by atoms with Crippen molar-refractivity contribution in [3.05, 3.63) is 119 Å². The van der Waals surface area contributed by atoms with Gasteiger partial charge in [-0.15, -0.1) is 0 Å². The number of hydrogen-bond donors (Lipinski definition) is 0. The lowest BCUT2D eigenvalue weighted by Crippen LogP contribution is -2.44. The number of nitrogens with zero attached hydrogens (tertiary/aromatic N) is 3. The molecule has 6 heteroatoms. The highest BCUT2D eigenvalue weighted by atomic mass is 16.5. The quantitative estimate of drug-likeness (QED) is 0.225. The molecule has 2 aliphatic heterocycles. The molecule has 40 heavy (non-hydrogen) atoms. The highest BCUT2D eigenvalue weighted by Gasteiger charge is 2.63. The number of benzene rings is 4. The fourth-order valence-electron chi connectivity index (χ4n) is 6.27. The molecule has 0 unspecified atom stereocenters. The number of esters is 1. The van der Waals surface area contributed by atoms with Crippen LogP contribution in [-0.2, 0) is 4.74 Å². The Bertz CT molecular complexity index is 1750. The van der Waals surface area contributed by atoms with Gasteiger partial charge in [-0.05, 0) is 41.5 Å². The SMILES string of the molecule is CCOC(=O)c1cccc(C(=O)[C@@H]2[C@H](c3ccccc3)C(C#N)(C#N)[C@H]3C=Cc4c(ccc5ccccc45)N23)c1. The van der Waals surface area contributed by atoms with Crippen LogP contribution in [0.5, 0.6) is 0 Å². The number of hydrogen-bond acceptors (Lipinski definition) is 6. The van der Waals surface area contributed by atoms with E-state index in [1.165, 1.54) is 6.07 Å². The lowest BCUT2D eigenvalue weighted by molar-refractivity contribution is 0.0526. The number of carbonyl (C=O) groups excluding carboxylic acids is 2. The molecule has 2 heterocycles. The standard InChI is InChI=1S/C34H25N3O3/c1-2-40-33(39)25-13-8-12-24(19-25)32(38)31-30(23-10-4-3-5-11-23)34(20-35,21-36)29-18-16-27-26-14-7-6-9-22(26)15-17-28(27)37(29)31/h3-19,29-31H,2H2,1H3/t29-,30+,31+/m1/s1. The largest absolute Gasteiger partial charge is 0.462 e. The van der Waals surface area contributed by atoms with Gasteiger partial charge in [-0.25, -0.2) is 4.79 Å². The van der Waals surface area contributed by atoms with Crippen molar-refractivity contribution in [3.8, 4) is 12.1 Å². The van der Waals surface area contributed by atoms with Crippen molar-refractivity contribution in [2.24, 2.45) is 5.41 Å². The first-order valence-electron chi connectivity index (χ1n) is 13.2. The van der Waals surface area contributed by atoms with Gasteiger partial charge in [-0.2, -0.15) is 10.5 Å². The summed E-state index contributed by atoms with van der Waals surface area (Å²) in [7, 11) is 0. The molecule has 0 bridgehead atoms. The Balaban J connectivity index is 1.59. The molecule has 0 radical (unpaired) electrons. The van der Waals surface area contributed by atoms with Crippen LogP contribution in [0.3, 0.4) is 0 Å². The van der Waals surface area contributed by atoms with Crippen LogP contribution in [0.1, 0.15) is 44.7 Å². The Morgan fingerprint density at radius 2 is 1.62 bits per heavy atom. The lowest BCUT2D eigenvalue weighted by atomic mass is 9.69. The molecule has 4 aromatic rings. The molecule has 0 amide bonds. The van der Waals surface area contributed by atoms with Crippen LogP contribution in [0.4, 0.5) is 5.69 Å². The maximum atomic E-state index is 14.6. The average molecular weight is 524 g/mol. The minimum absolute atomic E-state index is 0.217. The molecule has 4 aromatic carbocycles. The van der Waals surface area contributed by atoms with Gasteiger partial charge in [0.2, 0.25) is 0 Å². The van der Waals surface area contributed by atoms with E-state index in [1.54, 1.807) is 25.1 Å². The Hall–Kier alpha value is -5.20. The van der Waals surface area contributed by atoms with Crippen LogP contribution in [0.15, 0.2) is 97.1 Å². The fourth-order valence-corrected chi connectivity index (χ4v) is 6.27. The van der Waals surface area contributed by atoms with E-state index in [1.807, 2.05) is 83.8 Å². The number of rotatable bonds is 5. The summed E-state index contributed by atoms with van der Waals surface area (Å²) >= 11 is 0. The maximum absolute atomic E-state index is 14.6. The number of nitriles is 2. The lowest BCUT2D eigenvalue weighted by Gasteiger charge is -2.36. The summed E-state index contributed by atoms with van der Waals surface area (Å²) in [5.41, 5.74) is 1.51. The predicted octanol–water partition coefficient (Wildman–Crippen LogP) is 6.30. The molecule has 0 aliphatic carbocycles. The number of carbonyl (C=O) groups is 2. The Labute approximate surface area is 232 Å². The molecule has 6 nitrogen and oxygen atoms in total. The first-order valence-corrected chi connectivity index (χ1v) is 13.2. The third-order valence-corrected chi connectivity index (χ3v) is 8.00. The van der Waals surface area contributed by atoms with Crippen LogP contribution in [-0.4, -0.2) is 30.4 Å². The summed E-state index contributed by atoms with van der Waals surface area (Å²) < 4.78 is 5.16. The molecule has 0 saturated carbocycles. The first kappa shape index (κ1) is 25.1. The summed E-state index contributed by atoms with van der Waals surface area (Å²) in [4.78, 5) is 29.0. The third kappa shape index (κ3) is 3.69. The highest BCUT2D eigenvalue weighted by molar-refractivity contribution is 6.07. The van der Waals surface area contributed by atoms with E-state index in [4.69, 9.17) is 4.74 Å². The molecule has 0 spiro atoms. The van der Waals surface area contributed by atoms with E-state index >= 15 is 0 Å². The molecular weight excluding hydrogens is 498 g/mol. The second-order valence-corrected chi connectivity index (χ2v) is 10.0. The van der Waals surface area contributed by atoms with Gasteiger partial charge in [-0.3, -0.25) is 4.79 Å². The Kier molecular flexibility index (Phi) is 6.17. The van der Waals surface area contributed by atoms with E-state index in [2.05, 4.69) is 12.1 Å². The Morgan fingerprint density at radius 3 is 2.38 bits per heavy atom. The first-order chi connectivity index (χ1) is 19.5. The molecular formula is C34H25N3O3. The number of Topliss-reactive ketones (excluding diaryl/α,β-unsaturated/α-hetero) is 1. The average Bonchev–Trinajstić information content (AvgIpc) is 3.32. The summed E-state index contributed by atoms with van der Waals surface area (Å²) in [5, 5.41) is 23.4. The molecule has 3 atom stereocenters. The van der Waals surface area contributed by atoms with Crippen molar-refractivity contribution < 1.29 is 14.3 Å². The number of ketones is 1. The highest BCUT2D eigenvalue weighted by Crippen LogP contribution is 2.56. The van der Waals surface area contributed by atoms with Gasteiger partial charge in [0.05, 0.1) is 30.4 Å². The van der Waals surface area contributed by atoms with E-state index in [0.29, 0.717) is 5.56 Å². The summed E-state index contributed by atoms with van der Waals surface area (Å²) in [6.45, 7) is 1.94. The van der Waals surface area contributed by atoms with Gasteiger partial charge < -0.3 is 9.64 Å². The van der Waals surface area contributed by atoms with E-state index in [0.717, 1.165) is 27.6 Å². The van der Waals surface area contributed by atoms with Gasteiger partial charge in [0.1, 0.15) is 6.04 Å². The van der Waals surface area contributed by atoms with Crippen LogP contribution < -0.4 is 4.90 Å².